The predicted molar refractivity (Wildman–Crippen MR) is 131 cm³/mol. The van der Waals surface area contributed by atoms with Crippen molar-refractivity contribution >= 4 is 21.8 Å². The molecule has 2 amide bonds. The Hall–Kier alpha value is -3.43. The van der Waals surface area contributed by atoms with Gasteiger partial charge in [0.25, 0.3) is 5.91 Å². The molecule has 2 aliphatic heterocycles. The molecule has 0 bridgehead atoms. The van der Waals surface area contributed by atoms with Crippen LogP contribution in [0.1, 0.15) is 53.7 Å². The molecular weight excluding hydrogens is 521 g/mol. The van der Waals surface area contributed by atoms with E-state index < -0.39 is 45.7 Å². The lowest BCUT2D eigenvalue weighted by Crippen LogP contribution is -2.49. The number of amides is 2. The number of hydrogen-bond donors (Lipinski definition) is 1. The van der Waals surface area contributed by atoms with Crippen LogP contribution in [0.5, 0.6) is 0 Å². The first-order valence-electron chi connectivity index (χ1n) is 12.2. The summed E-state index contributed by atoms with van der Waals surface area (Å²) in [7, 11) is -3.86. The van der Waals surface area contributed by atoms with Crippen molar-refractivity contribution in [2.75, 3.05) is 19.6 Å². The van der Waals surface area contributed by atoms with Gasteiger partial charge in [0.1, 0.15) is 6.04 Å². The Balaban J connectivity index is 1.47. The zero-order valence-corrected chi connectivity index (χ0v) is 21.4. The van der Waals surface area contributed by atoms with E-state index in [1.54, 1.807) is 6.92 Å². The Labute approximate surface area is 219 Å². The minimum absolute atomic E-state index is 0.0618. The molecule has 2 saturated heterocycles. The number of nitrogens with zero attached hydrogens (tertiary/aromatic N) is 3. The summed E-state index contributed by atoms with van der Waals surface area (Å²) in [5.74, 6) is -1.26. The van der Waals surface area contributed by atoms with E-state index >= 15 is 0 Å². The Morgan fingerprint density at radius 1 is 1.16 bits per heavy atom. The first-order valence-corrected chi connectivity index (χ1v) is 13.7. The van der Waals surface area contributed by atoms with Gasteiger partial charge in [-0.25, -0.2) is 8.42 Å². The van der Waals surface area contributed by atoms with Crippen LogP contribution in [0, 0.1) is 17.2 Å². The van der Waals surface area contributed by atoms with Crippen molar-refractivity contribution < 1.29 is 31.2 Å². The second-order valence-corrected chi connectivity index (χ2v) is 11.4. The number of carbonyl (C=O) groups is 2. The molecule has 0 radical (unpaired) electrons. The quantitative estimate of drug-likeness (QED) is 0.567. The van der Waals surface area contributed by atoms with Gasteiger partial charge in [0.05, 0.1) is 28.5 Å². The molecule has 0 unspecified atom stereocenters. The summed E-state index contributed by atoms with van der Waals surface area (Å²) >= 11 is 0. The second kappa shape index (κ2) is 10.7. The smallest absolute Gasteiger partial charge is 0.348 e. The van der Waals surface area contributed by atoms with E-state index in [-0.39, 0.29) is 29.5 Å². The summed E-state index contributed by atoms with van der Waals surface area (Å²) in [4.78, 5) is 27.8. The fourth-order valence-corrected chi connectivity index (χ4v) is 6.27. The molecule has 0 aliphatic carbocycles. The number of rotatable bonds is 7. The summed E-state index contributed by atoms with van der Waals surface area (Å²) in [5, 5.41) is 11.8. The molecule has 2 atom stereocenters. The number of benzene rings is 2. The lowest BCUT2D eigenvalue weighted by Gasteiger charge is -2.34. The molecule has 0 aromatic heterocycles. The van der Waals surface area contributed by atoms with E-state index in [1.807, 2.05) is 6.07 Å². The van der Waals surface area contributed by atoms with Crippen molar-refractivity contribution in [3.8, 4) is 6.07 Å². The third-order valence-electron chi connectivity index (χ3n) is 6.93. The molecule has 4 rings (SSSR count). The molecule has 0 spiro atoms. The lowest BCUT2D eigenvalue weighted by molar-refractivity contribution is -0.137. The van der Waals surface area contributed by atoms with E-state index in [2.05, 4.69) is 5.32 Å². The normalized spacial score (nSPS) is 19.4. The average molecular weight is 549 g/mol. The van der Waals surface area contributed by atoms with Gasteiger partial charge in [-0.05, 0) is 55.2 Å². The first-order chi connectivity index (χ1) is 18.0. The zero-order valence-electron chi connectivity index (χ0n) is 20.6. The van der Waals surface area contributed by atoms with Gasteiger partial charge in [-0.2, -0.15) is 22.7 Å². The van der Waals surface area contributed by atoms with Crippen molar-refractivity contribution in [3.05, 3.63) is 65.2 Å². The standard InChI is InChI=1S/C26H27F3N4O4S/c1-2-22(18-8-10-20(11-9-18)26(27,28)29)31-24(34)23-7-4-12-33(23)25(35)19-5-3-6-21(13-19)38(36,37)32-15-17(14-30)16-32/h3,5-6,8-11,13,17,22-23H,2,4,7,12,15-16H2,1H3,(H,31,34)/t22-,23-/m1/s1. The van der Waals surface area contributed by atoms with Crippen LogP contribution in [0.25, 0.3) is 0 Å². The highest BCUT2D eigenvalue weighted by atomic mass is 32.2. The third-order valence-corrected chi connectivity index (χ3v) is 8.76. The molecule has 1 N–H and O–H groups in total. The van der Waals surface area contributed by atoms with Crippen molar-refractivity contribution in [1.29, 1.82) is 5.26 Å². The van der Waals surface area contributed by atoms with Gasteiger partial charge in [0.15, 0.2) is 0 Å². The largest absolute Gasteiger partial charge is 0.416 e. The maximum Gasteiger partial charge on any atom is 0.416 e. The molecule has 2 aromatic rings. The van der Waals surface area contributed by atoms with Crippen LogP contribution < -0.4 is 5.32 Å². The van der Waals surface area contributed by atoms with Crippen LogP contribution >= 0.6 is 0 Å². The number of hydrogen-bond acceptors (Lipinski definition) is 5. The van der Waals surface area contributed by atoms with Crippen LogP contribution in [0.4, 0.5) is 13.2 Å². The van der Waals surface area contributed by atoms with Crippen molar-refractivity contribution in [2.45, 2.75) is 49.3 Å². The van der Waals surface area contributed by atoms with Gasteiger partial charge in [0, 0.05) is 25.2 Å². The fraction of sp³-hybridized carbons (Fsp3) is 0.423. The highest BCUT2D eigenvalue weighted by molar-refractivity contribution is 7.89. The molecule has 202 valence electrons. The number of nitriles is 1. The van der Waals surface area contributed by atoms with Crippen LogP contribution in [-0.2, 0) is 21.0 Å². The van der Waals surface area contributed by atoms with E-state index in [0.29, 0.717) is 31.4 Å². The SMILES string of the molecule is CC[C@@H](NC(=O)[C@H]1CCCN1C(=O)c1cccc(S(=O)(=O)N2CC(C#N)C2)c1)c1ccc(C(F)(F)F)cc1. The van der Waals surface area contributed by atoms with Crippen molar-refractivity contribution in [2.24, 2.45) is 5.92 Å². The summed E-state index contributed by atoms with van der Waals surface area (Å²) in [6.45, 7) is 2.30. The van der Waals surface area contributed by atoms with E-state index in [4.69, 9.17) is 5.26 Å². The Kier molecular flexibility index (Phi) is 7.80. The van der Waals surface area contributed by atoms with E-state index in [0.717, 1.165) is 12.1 Å². The van der Waals surface area contributed by atoms with E-state index in [9.17, 15) is 31.2 Å². The van der Waals surface area contributed by atoms with Crippen molar-refractivity contribution in [3.63, 3.8) is 0 Å². The number of alkyl halides is 3. The number of sulfonamides is 1. The van der Waals surface area contributed by atoms with Gasteiger partial charge in [-0.1, -0.05) is 25.1 Å². The highest BCUT2D eigenvalue weighted by Crippen LogP contribution is 2.31. The van der Waals surface area contributed by atoms with Gasteiger partial charge < -0.3 is 10.2 Å². The molecule has 2 aliphatic rings. The third kappa shape index (κ3) is 5.54. The molecule has 0 saturated carbocycles. The van der Waals surface area contributed by atoms with Gasteiger partial charge in [-0.3, -0.25) is 9.59 Å². The number of likely N-dealkylation sites (tertiary alicyclic amines) is 1. The average Bonchev–Trinajstić information content (AvgIpc) is 3.36. The molecular formula is C26H27F3N4O4S. The lowest BCUT2D eigenvalue weighted by atomic mass is 10.0. The summed E-state index contributed by atoms with van der Waals surface area (Å²) in [6.07, 6.45) is -3.05. The monoisotopic (exact) mass is 548 g/mol. The number of carbonyl (C=O) groups excluding carboxylic acids is 2. The second-order valence-electron chi connectivity index (χ2n) is 9.42. The van der Waals surface area contributed by atoms with Crippen LogP contribution in [-0.4, -0.2) is 55.1 Å². The zero-order chi connectivity index (χ0) is 27.7. The Morgan fingerprint density at radius 2 is 1.84 bits per heavy atom. The summed E-state index contributed by atoms with van der Waals surface area (Å²) in [5.41, 5.74) is -0.136. The molecule has 2 aromatic carbocycles. The van der Waals surface area contributed by atoms with Gasteiger partial charge in [-0.15, -0.1) is 0 Å². The van der Waals surface area contributed by atoms with Crippen molar-refractivity contribution in [1.82, 2.24) is 14.5 Å². The fourth-order valence-electron chi connectivity index (χ4n) is 4.70. The maximum atomic E-state index is 13.3. The maximum absolute atomic E-state index is 13.3. The minimum atomic E-state index is -4.46. The van der Waals surface area contributed by atoms with E-state index in [1.165, 1.54) is 45.6 Å². The number of halogens is 3. The number of nitrogens with one attached hydrogen (secondary N) is 1. The highest BCUT2D eigenvalue weighted by Gasteiger charge is 2.38. The van der Waals surface area contributed by atoms with Crippen LogP contribution in [0.3, 0.4) is 0 Å². The summed E-state index contributed by atoms with van der Waals surface area (Å²) < 4.78 is 65.6. The van der Waals surface area contributed by atoms with Gasteiger partial charge >= 0.3 is 6.18 Å². The first kappa shape index (κ1) is 27.6. The summed E-state index contributed by atoms with van der Waals surface area (Å²) in [6, 6.07) is 10.9. The van der Waals surface area contributed by atoms with Crippen LogP contribution in [0.15, 0.2) is 53.4 Å². The molecule has 8 nitrogen and oxygen atoms in total. The topological polar surface area (TPSA) is 111 Å². The molecule has 38 heavy (non-hydrogen) atoms. The minimum Gasteiger partial charge on any atom is -0.348 e. The molecule has 2 heterocycles. The van der Waals surface area contributed by atoms with Crippen LogP contribution in [0.2, 0.25) is 0 Å². The Bertz CT molecular complexity index is 1350. The predicted octanol–water partition coefficient (Wildman–Crippen LogP) is 3.72. The van der Waals surface area contributed by atoms with Gasteiger partial charge in [0.2, 0.25) is 15.9 Å². The molecule has 12 heteroatoms. The Morgan fingerprint density at radius 3 is 2.45 bits per heavy atom. The molecule has 2 fully saturated rings.